The summed E-state index contributed by atoms with van der Waals surface area (Å²) >= 11 is 0. The molecule has 0 unspecified atom stereocenters. The largest absolute Gasteiger partial charge is 0.481 e. The number of rotatable bonds is 3. The van der Waals surface area contributed by atoms with E-state index in [1.165, 1.54) is 6.33 Å². The molecule has 0 bridgehead atoms. The van der Waals surface area contributed by atoms with Crippen LogP contribution in [0.15, 0.2) is 18.7 Å². The van der Waals surface area contributed by atoms with Gasteiger partial charge in [0.2, 0.25) is 0 Å². The number of aromatic nitrogens is 2. The van der Waals surface area contributed by atoms with Gasteiger partial charge >= 0.3 is 5.97 Å². The van der Waals surface area contributed by atoms with Crippen molar-refractivity contribution in [3.8, 4) is 0 Å². The summed E-state index contributed by atoms with van der Waals surface area (Å²) in [5, 5.41) is 8.89. The van der Waals surface area contributed by atoms with Crippen LogP contribution in [0.4, 0.5) is 0 Å². The lowest BCUT2D eigenvalue weighted by molar-refractivity contribution is -0.143. The van der Waals surface area contributed by atoms with Crippen LogP contribution in [0.25, 0.3) is 0 Å². The summed E-state index contributed by atoms with van der Waals surface area (Å²) < 4.78 is 0. The molecule has 1 aromatic rings. The van der Waals surface area contributed by atoms with Gasteiger partial charge in [-0.05, 0) is 43.6 Å². The summed E-state index contributed by atoms with van der Waals surface area (Å²) in [6.07, 6.45) is 9.84. The lowest BCUT2D eigenvalue weighted by atomic mass is 9.79. The molecule has 0 amide bonds. The highest BCUT2D eigenvalue weighted by Crippen LogP contribution is 2.30. The van der Waals surface area contributed by atoms with Gasteiger partial charge in [-0.15, -0.1) is 0 Å². The minimum Gasteiger partial charge on any atom is -0.481 e. The number of hydrogen-bond donors (Lipinski definition) is 1. The predicted molar refractivity (Wildman–Crippen MR) is 58.8 cm³/mol. The third-order valence-corrected chi connectivity index (χ3v) is 3.33. The van der Waals surface area contributed by atoms with Gasteiger partial charge in [0.1, 0.15) is 6.33 Å². The Bertz CT molecular complexity index is 345. The summed E-state index contributed by atoms with van der Waals surface area (Å²) in [6, 6.07) is 0. The van der Waals surface area contributed by atoms with Crippen LogP contribution in [-0.2, 0) is 11.2 Å². The molecule has 1 aliphatic rings. The number of aliphatic carboxylic acids is 1. The van der Waals surface area contributed by atoms with Crippen LogP contribution >= 0.6 is 0 Å². The van der Waals surface area contributed by atoms with Crippen LogP contribution in [-0.4, -0.2) is 21.0 Å². The zero-order valence-electron chi connectivity index (χ0n) is 9.17. The van der Waals surface area contributed by atoms with Gasteiger partial charge in [-0.2, -0.15) is 0 Å². The lowest BCUT2D eigenvalue weighted by Gasteiger charge is -2.25. The highest BCUT2D eigenvalue weighted by atomic mass is 16.4. The molecule has 0 spiro atoms. The first-order chi connectivity index (χ1) is 7.75. The van der Waals surface area contributed by atoms with Crippen molar-refractivity contribution in [2.24, 2.45) is 11.8 Å². The predicted octanol–water partition coefficient (Wildman–Crippen LogP) is 1.91. The maximum Gasteiger partial charge on any atom is 0.306 e. The van der Waals surface area contributed by atoms with Gasteiger partial charge in [0, 0.05) is 12.4 Å². The van der Waals surface area contributed by atoms with E-state index in [-0.39, 0.29) is 5.92 Å². The summed E-state index contributed by atoms with van der Waals surface area (Å²) in [5.41, 5.74) is 1.15. The van der Waals surface area contributed by atoms with Gasteiger partial charge in [0.25, 0.3) is 0 Å². The lowest BCUT2D eigenvalue weighted by Crippen LogP contribution is -2.22. The average molecular weight is 220 g/mol. The number of carboxylic acids is 1. The Morgan fingerprint density at radius 2 is 1.88 bits per heavy atom. The van der Waals surface area contributed by atoms with Crippen molar-refractivity contribution in [2.45, 2.75) is 32.1 Å². The standard InChI is InChI=1S/C12H16N2O2/c15-12(16)11-3-1-9(2-4-11)5-10-6-13-8-14-7-10/h6-9,11H,1-5H2,(H,15,16). The van der Waals surface area contributed by atoms with Crippen LogP contribution in [0.2, 0.25) is 0 Å². The van der Waals surface area contributed by atoms with Gasteiger partial charge in [0.15, 0.2) is 0 Å². The first kappa shape index (κ1) is 11.0. The van der Waals surface area contributed by atoms with Crippen molar-refractivity contribution < 1.29 is 9.90 Å². The molecular weight excluding hydrogens is 204 g/mol. The smallest absolute Gasteiger partial charge is 0.306 e. The zero-order chi connectivity index (χ0) is 11.4. The number of carbonyl (C=O) groups is 1. The fourth-order valence-electron chi connectivity index (χ4n) is 2.38. The van der Waals surface area contributed by atoms with Crippen molar-refractivity contribution in [3.63, 3.8) is 0 Å². The Hall–Kier alpha value is -1.45. The SMILES string of the molecule is O=C(O)C1CCC(Cc2cncnc2)CC1. The Morgan fingerprint density at radius 1 is 1.25 bits per heavy atom. The fraction of sp³-hybridized carbons (Fsp3) is 0.583. The van der Waals surface area contributed by atoms with Crippen LogP contribution in [0.1, 0.15) is 31.2 Å². The van der Waals surface area contributed by atoms with Gasteiger partial charge in [-0.1, -0.05) is 0 Å². The molecule has 0 saturated heterocycles. The van der Waals surface area contributed by atoms with Gasteiger partial charge in [-0.3, -0.25) is 4.79 Å². The van der Waals surface area contributed by atoms with Gasteiger partial charge in [-0.25, -0.2) is 9.97 Å². The molecule has 0 aromatic carbocycles. The van der Waals surface area contributed by atoms with E-state index in [1.807, 2.05) is 12.4 Å². The van der Waals surface area contributed by atoms with Crippen LogP contribution in [0, 0.1) is 11.8 Å². The van der Waals surface area contributed by atoms with E-state index in [4.69, 9.17) is 5.11 Å². The first-order valence-corrected chi connectivity index (χ1v) is 5.72. The van der Waals surface area contributed by atoms with Gasteiger partial charge in [0.05, 0.1) is 5.92 Å². The summed E-state index contributed by atoms with van der Waals surface area (Å²) in [6.45, 7) is 0. The average Bonchev–Trinajstić information content (AvgIpc) is 2.31. The van der Waals surface area contributed by atoms with Crippen LogP contribution < -0.4 is 0 Å². The maximum atomic E-state index is 10.8. The Labute approximate surface area is 94.7 Å². The Kier molecular flexibility index (Phi) is 3.49. The molecule has 1 fully saturated rings. The van der Waals surface area contributed by atoms with Crippen LogP contribution in [0.3, 0.4) is 0 Å². The van der Waals surface area contributed by atoms with Crippen molar-refractivity contribution >= 4 is 5.97 Å². The van der Waals surface area contributed by atoms with E-state index in [9.17, 15) is 4.79 Å². The fourth-order valence-corrected chi connectivity index (χ4v) is 2.38. The molecule has 0 aliphatic heterocycles. The quantitative estimate of drug-likeness (QED) is 0.845. The number of nitrogens with zero attached hydrogens (tertiary/aromatic N) is 2. The number of hydrogen-bond acceptors (Lipinski definition) is 3. The number of carboxylic acid groups (broad SMARTS) is 1. The second kappa shape index (κ2) is 5.05. The van der Waals surface area contributed by atoms with E-state index >= 15 is 0 Å². The summed E-state index contributed by atoms with van der Waals surface area (Å²) in [5.74, 6) is -0.161. The third-order valence-electron chi connectivity index (χ3n) is 3.33. The molecule has 0 atom stereocenters. The normalized spacial score (nSPS) is 25.2. The van der Waals surface area contributed by atoms with E-state index in [0.717, 1.165) is 37.7 Å². The molecule has 0 radical (unpaired) electrons. The van der Waals surface area contributed by atoms with E-state index < -0.39 is 5.97 Å². The maximum absolute atomic E-state index is 10.8. The van der Waals surface area contributed by atoms with Crippen molar-refractivity contribution in [2.75, 3.05) is 0 Å². The monoisotopic (exact) mass is 220 g/mol. The van der Waals surface area contributed by atoms with Crippen molar-refractivity contribution in [3.05, 3.63) is 24.3 Å². The molecule has 16 heavy (non-hydrogen) atoms. The van der Waals surface area contributed by atoms with Crippen LogP contribution in [0.5, 0.6) is 0 Å². The highest BCUT2D eigenvalue weighted by Gasteiger charge is 2.25. The molecule has 4 nitrogen and oxygen atoms in total. The molecule has 1 saturated carbocycles. The summed E-state index contributed by atoms with van der Waals surface area (Å²) in [4.78, 5) is 18.8. The second-order valence-corrected chi connectivity index (χ2v) is 4.51. The topological polar surface area (TPSA) is 63.1 Å². The Balaban J connectivity index is 1.84. The second-order valence-electron chi connectivity index (χ2n) is 4.51. The molecular formula is C12H16N2O2. The van der Waals surface area contributed by atoms with E-state index in [2.05, 4.69) is 9.97 Å². The van der Waals surface area contributed by atoms with Crippen molar-refractivity contribution in [1.82, 2.24) is 9.97 Å². The van der Waals surface area contributed by atoms with Crippen molar-refractivity contribution in [1.29, 1.82) is 0 Å². The molecule has 86 valence electrons. The summed E-state index contributed by atoms with van der Waals surface area (Å²) in [7, 11) is 0. The molecule has 1 aliphatic carbocycles. The zero-order valence-corrected chi connectivity index (χ0v) is 9.17. The minimum absolute atomic E-state index is 0.122. The van der Waals surface area contributed by atoms with E-state index in [0.29, 0.717) is 5.92 Å². The molecule has 1 heterocycles. The highest BCUT2D eigenvalue weighted by molar-refractivity contribution is 5.69. The molecule has 1 aromatic heterocycles. The molecule has 4 heteroatoms. The van der Waals surface area contributed by atoms with Gasteiger partial charge < -0.3 is 5.11 Å². The molecule has 1 N–H and O–H groups in total. The van der Waals surface area contributed by atoms with E-state index in [1.54, 1.807) is 0 Å². The third kappa shape index (κ3) is 2.78. The first-order valence-electron chi connectivity index (χ1n) is 5.72. The minimum atomic E-state index is -0.638. The Morgan fingerprint density at radius 3 is 2.44 bits per heavy atom. The molecule has 2 rings (SSSR count).